The number of nitrogens with one attached hydrogen (secondary N) is 1. The van der Waals surface area contributed by atoms with Crippen LogP contribution in [-0.4, -0.2) is 73.5 Å². The molecule has 4 atom stereocenters. The zero-order valence-electron chi connectivity index (χ0n) is 23.8. The van der Waals surface area contributed by atoms with Gasteiger partial charge >= 0.3 is 0 Å². The smallest absolute Gasteiger partial charge is 0.225 e. The first kappa shape index (κ1) is 29.9. The minimum Gasteiger partial charge on any atom is -0.385 e. The van der Waals surface area contributed by atoms with E-state index >= 15 is 0 Å². The van der Waals surface area contributed by atoms with Gasteiger partial charge < -0.3 is 24.8 Å². The number of aromatic nitrogens is 1. The highest BCUT2D eigenvalue weighted by molar-refractivity contribution is 6.32. The lowest BCUT2D eigenvalue weighted by Crippen LogP contribution is -2.55. The number of amides is 1. The largest absolute Gasteiger partial charge is 0.385 e. The highest BCUT2D eigenvalue weighted by Gasteiger charge is 2.45. The summed E-state index contributed by atoms with van der Waals surface area (Å²) in [5.41, 5.74) is 2.14. The Labute approximate surface area is 238 Å². The van der Waals surface area contributed by atoms with Gasteiger partial charge in [0.25, 0.3) is 0 Å². The monoisotopic (exact) mass is 557 g/mol. The number of hydrogen-bond donors (Lipinski definition) is 2. The van der Waals surface area contributed by atoms with Gasteiger partial charge in [-0.15, -0.1) is 0 Å². The number of carbonyl (C=O) groups excluding carboxylic acids is 1. The second kappa shape index (κ2) is 13.6. The van der Waals surface area contributed by atoms with Crippen molar-refractivity contribution in [1.29, 1.82) is 0 Å². The summed E-state index contributed by atoms with van der Waals surface area (Å²) < 4.78 is 11.6. The molecule has 4 rings (SSSR count). The van der Waals surface area contributed by atoms with Crippen LogP contribution in [0.15, 0.2) is 36.5 Å². The van der Waals surface area contributed by atoms with Gasteiger partial charge in [0.05, 0.1) is 13.2 Å². The van der Waals surface area contributed by atoms with E-state index in [0.29, 0.717) is 55.4 Å². The third kappa shape index (κ3) is 6.83. The number of morpholine rings is 1. The SMILES string of the molecule is CN[C@H]1CC[C@@H](C(=O)N2CCO[C@@H]([C@@](O)(CCCCOC)c3ccnc(Cl)c3-c3cccc(C(C)C)c3)C2)C1. The van der Waals surface area contributed by atoms with Crippen molar-refractivity contribution >= 4 is 17.5 Å². The van der Waals surface area contributed by atoms with Crippen LogP contribution in [-0.2, 0) is 19.9 Å². The minimum atomic E-state index is -1.37. The van der Waals surface area contributed by atoms with Crippen molar-refractivity contribution in [3.8, 4) is 11.1 Å². The molecule has 1 aromatic carbocycles. The maximum atomic E-state index is 13.5. The van der Waals surface area contributed by atoms with Crippen LogP contribution in [0, 0.1) is 5.92 Å². The number of rotatable bonds is 11. The molecule has 1 aromatic heterocycles. The molecule has 2 aliphatic rings. The molecule has 0 bridgehead atoms. The average molecular weight is 558 g/mol. The van der Waals surface area contributed by atoms with Gasteiger partial charge in [-0.05, 0) is 74.2 Å². The first-order valence-electron chi connectivity index (χ1n) is 14.3. The molecule has 2 aromatic rings. The molecule has 2 heterocycles. The van der Waals surface area contributed by atoms with E-state index < -0.39 is 11.7 Å². The zero-order valence-corrected chi connectivity index (χ0v) is 24.5. The lowest BCUT2D eigenvalue weighted by Gasteiger charge is -2.43. The van der Waals surface area contributed by atoms with Crippen LogP contribution in [0.4, 0.5) is 0 Å². The van der Waals surface area contributed by atoms with Crippen molar-refractivity contribution in [2.24, 2.45) is 5.92 Å². The van der Waals surface area contributed by atoms with E-state index in [1.807, 2.05) is 30.1 Å². The van der Waals surface area contributed by atoms with Gasteiger partial charge in [-0.3, -0.25) is 4.79 Å². The summed E-state index contributed by atoms with van der Waals surface area (Å²) in [7, 11) is 3.64. The van der Waals surface area contributed by atoms with Crippen molar-refractivity contribution in [3.63, 3.8) is 0 Å². The Balaban J connectivity index is 1.69. The summed E-state index contributed by atoms with van der Waals surface area (Å²) in [6, 6.07) is 10.5. The van der Waals surface area contributed by atoms with Gasteiger partial charge in [0.1, 0.15) is 16.9 Å². The number of carbonyl (C=O) groups is 1. The van der Waals surface area contributed by atoms with E-state index in [9.17, 15) is 9.90 Å². The first-order valence-corrected chi connectivity index (χ1v) is 14.7. The molecule has 0 radical (unpaired) electrons. The number of pyridine rings is 1. The Bertz CT molecular complexity index is 1110. The molecule has 1 saturated carbocycles. The molecule has 2 N–H and O–H groups in total. The molecular formula is C31H44ClN3O4. The predicted octanol–water partition coefficient (Wildman–Crippen LogP) is 5.15. The van der Waals surface area contributed by atoms with E-state index in [4.69, 9.17) is 21.1 Å². The maximum Gasteiger partial charge on any atom is 0.225 e. The highest BCUT2D eigenvalue weighted by Crippen LogP contribution is 2.43. The lowest BCUT2D eigenvalue weighted by atomic mass is 9.79. The van der Waals surface area contributed by atoms with Crippen LogP contribution >= 0.6 is 11.6 Å². The van der Waals surface area contributed by atoms with Crippen LogP contribution in [0.5, 0.6) is 0 Å². The molecular weight excluding hydrogens is 514 g/mol. The Kier molecular flexibility index (Phi) is 10.4. The molecule has 1 aliphatic heterocycles. The fourth-order valence-electron chi connectivity index (χ4n) is 6.10. The van der Waals surface area contributed by atoms with Gasteiger partial charge in [-0.1, -0.05) is 49.7 Å². The Morgan fingerprint density at radius 2 is 2.13 bits per heavy atom. The number of methoxy groups -OCH3 is 1. The fraction of sp³-hybridized carbons (Fsp3) is 0.613. The normalized spacial score (nSPS) is 23.3. The molecule has 2 fully saturated rings. The molecule has 0 spiro atoms. The van der Waals surface area contributed by atoms with Crippen molar-refractivity contribution in [3.05, 3.63) is 52.8 Å². The lowest BCUT2D eigenvalue weighted by molar-refractivity contribution is -0.167. The maximum absolute atomic E-state index is 13.5. The topological polar surface area (TPSA) is 83.9 Å². The number of ether oxygens (including phenoxy) is 2. The van der Waals surface area contributed by atoms with E-state index in [0.717, 1.165) is 43.2 Å². The van der Waals surface area contributed by atoms with Gasteiger partial charge in [-0.25, -0.2) is 4.98 Å². The fourth-order valence-corrected chi connectivity index (χ4v) is 6.37. The Morgan fingerprint density at radius 1 is 1.31 bits per heavy atom. The molecule has 39 heavy (non-hydrogen) atoms. The number of aliphatic hydroxyl groups is 1. The van der Waals surface area contributed by atoms with E-state index in [1.165, 1.54) is 5.56 Å². The van der Waals surface area contributed by atoms with Gasteiger partial charge in [0.2, 0.25) is 5.91 Å². The third-order valence-corrected chi connectivity index (χ3v) is 8.76. The van der Waals surface area contributed by atoms with Gasteiger partial charge in [0, 0.05) is 44.0 Å². The van der Waals surface area contributed by atoms with Crippen molar-refractivity contribution in [2.45, 2.75) is 76.0 Å². The molecule has 0 unspecified atom stereocenters. The van der Waals surface area contributed by atoms with Crippen LogP contribution in [0.1, 0.15) is 69.4 Å². The number of unbranched alkanes of at least 4 members (excludes halogenated alkanes) is 1. The molecule has 1 amide bonds. The Morgan fingerprint density at radius 3 is 2.85 bits per heavy atom. The summed E-state index contributed by atoms with van der Waals surface area (Å²) in [4.78, 5) is 19.8. The summed E-state index contributed by atoms with van der Waals surface area (Å²) in [6.07, 6.45) is 5.80. The number of halogens is 1. The quantitative estimate of drug-likeness (QED) is 0.294. The third-order valence-electron chi connectivity index (χ3n) is 8.47. The molecule has 214 valence electrons. The number of benzene rings is 1. The second-order valence-electron chi connectivity index (χ2n) is 11.3. The zero-order chi connectivity index (χ0) is 28.0. The van der Waals surface area contributed by atoms with Crippen LogP contribution in [0.3, 0.4) is 0 Å². The van der Waals surface area contributed by atoms with E-state index in [-0.39, 0.29) is 11.8 Å². The van der Waals surface area contributed by atoms with Crippen molar-refractivity contribution in [2.75, 3.05) is 40.5 Å². The average Bonchev–Trinajstić information content (AvgIpc) is 3.44. The predicted molar refractivity (Wildman–Crippen MR) is 155 cm³/mol. The first-order chi connectivity index (χ1) is 18.8. The molecule has 8 heteroatoms. The Hall–Kier alpha value is -2.03. The van der Waals surface area contributed by atoms with Crippen LogP contribution < -0.4 is 5.32 Å². The molecule has 1 aliphatic carbocycles. The molecule has 7 nitrogen and oxygen atoms in total. The van der Waals surface area contributed by atoms with E-state index in [2.05, 4.69) is 36.3 Å². The van der Waals surface area contributed by atoms with E-state index in [1.54, 1.807) is 13.3 Å². The standard InChI is InChI=1S/C31H44ClN3O4/c1-21(2)22-8-7-9-23(18-22)28-26(12-14-34-29(28)32)31(37,13-5-6-16-38-4)27-20-35(15-17-39-27)30(36)24-10-11-25(19-24)33-3/h7-9,12,14,18,21,24-25,27,33,37H,5-6,10-11,13,15-17,19-20H2,1-4H3/t24-,25+,27-,31-/m1/s1. The van der Waals surface area contributed by atoms with Crippen molar-refractivity contribution < 1.29 is 19.4 Å². The molecule has 1 saturated heterocycles. The highest BCUT2D eigenvalue weighted by atomic mass is 35.5. The van der Waals surface area contributed by atoms with Gasteiger partial charge in [0.15, 0.2) is 0 Å². The summed E-state index contributed by atoms with van der Waals surface area (Å²) in [5, 5.41) is 16.3. The summed E-state index contributed by atoms with van der Waals surface area (Å²) >= 11 is 6.76. The number of nitrogens with zero attached hydrogens (tertiary/aromatic N) is 2. The minimum absolute atomic E-state index is 0.0145. The van der Waals surface area contributed by atoms with Crippen molar-refractivity contribution in [1.82, 2.24) is 15.2 Å². The summed E-state index contributed by atoms with van der Waals surface area (Å²) in [5.74, 6) is 0.525. The van der Waals surface area contributed by atoms with Gasteiger partial charge in [-0.2, -0.15) is 0 Å². The number of hydrogen-bond acceptors (Lipinski definition) is 6. The van der Waals surface area contributed by atoms with Crippen LogP contribution in [0.25, 0.3) is 11.1 Å². The second-order valence-corrected chi connectivity index (χ2v) is 11.7. The van der Waals surface area contributed by atoms with Crippen LogP contribution in [0.2, 0.25) is 5.15 Å². The summed E-state index contributed by atoms with van der Waals surface area (Å²) in [6.45, 7) is 6.18.